The summed E-state index contributed by atoms with van der Waals surface area (Å²) in [6.07, 6.45) is 7.14. The van der Waals surface area contributed by atoms with Gasteiger partial charge in [-0.2, -0.15) is 0 Å². The Labute approximate surface area is 204 Å². The molecule has 9 heteroatoms. The predicted molar refractivity (Wildman–Crippen MR) is 134 cm³/mol. The summed E-state index contributed by atoms with van der Waals surface area (Å²) >= 11 is 18.3. The van der Waals surface area contributed by atoms with E-state index in [1.807, 2.05) is 0 Å². The molecule has 0 atom stereocenters. The van der Waals surface area contributed by atoms with E-state index in [4.69, 9.17) is 44.7 Å². The molecule has 0 unspecified atom stereocenters. The summed E-state index contributed by atoms with van der Waals surface area (Å²) in [5, 5.41) is 18.0. The molecule has 5 rings (SSSR count). The van der Waals surface area contributed by atoms with E-state index >= 15 is 0 Å². The van der Waals surface area contributed by atoms with Gasteiger partial charge in [0.2, 0.25) is 0 Å². The van der Waals surface area contributed by atoms with Gasteiger partial charge < -0.3 is 21.5 Å². The molecule has 0 heterocycles. The largest absolute Gasteiger partial charge is 0.454 e. The molecule has 0 amide bonds. The van der Waals surface area contributed by atoms with Crippen LogP contribution in [0.1, 0.15) is 61.5 Å². The van der Waals surface area contributed by atoms with Crippen LogP contribution in [0.25, 0.3) is 0 Å². The highest BCUT2D eigenvalue weighted by Crippen LogP contribution is 2.49. The first-order valence-corrected chi connectivity index (χ1v) is 12.4. The first kappa shape index (κ1) is 24.2. The maximum atomic E-state index is 8.25. The van der Waals surface area contributed by atoms with E-state index in [0.29, 0.717) is 22.5 Å². The Kier molecular flexibility index (Phi) is 8.44. The van der Waals surface area contributed by atoms with Crippen LogP contribution < -0.4 is 11.5 Å². The van der Waals surface area contributed by atoms with Crippen molar-refractivity contribution in [3.05, 3.63) is 54.4 Å². The third kappa shape index (κ3) is 7.04. The summed E-state index contributed by atoms with van der Waals surface area (Å²) in [5.74, 6) is 1.61. The minimum Gasteiger partial charge on any atom is -0.427 e. The van der Waals surface area contributed by atoms with Gasteiger partial charge in [-0.15, -0.1) is 0 Å². The SMILES string of the molecule is Nc1c(Br)cc(Cl)cc1Br.Nc1c(C2CC2)cc(Cl)cc1C1CC1.OB(O)C1CC1. The molecule has 3 saturated carbocycles. The monoisotopic (exact) mass is 576 g/mol. The molecule has 3 fully saturated rings. The molecule has 2 aromatic rings. The van der Waals surface area contributed by atoms with E-state index in [9.17, 15) is 0 Å². The zero-order chi connectivity index (χ0) is 22.0. The summed E-state index contributed by atoms with van der Waals surface area (Å²) in [7, 11) is -1.04. The molecule has 0 aromatic heterocycles. The van der Waals surface area contributed by atoms with Crippen molar-refractivity contribution in [2.75, 3.05) is 11.5 Å². The van der Waals surface area contributed by atoms with Crippen LogP contribution in [0.2, 0.25) is 15.9 Å². The highest BCUT2D eigenvalue weighted by atomic mass is 79.9. The van der Waals surface area contributed by atoms with Crippen LogP contribution in [0.15, 0.2) is 33.2 Å². The molecule has 0 saturated heterocycles. The van der Waals surface area contributed by atoms with Gasteiger partial charge in [0.25, 0.3) is 0 Å². The van der Waals surface area contributed by atoms with Crippen LogP contribution >= 0.6 is 55.1 Å². The molecule has 6 N–H and O–H groups in total. The lowest BCUT2D eigenvalue weighted by Gasteiger charge is -2.10. The van der Waals surface area contributed by atoms with Gasteiger partial charge in [0.1, 0.15) is 0 Å². The molecular formula is C21H25BBr2Cl2N2O2. The summed E-state index contributed by atoms with van der Waals surface area (Å²) in [6, 6.07) is 7.62. The first-order chi connectivity index (χ1) is 14.2. The van der Waals surface area contributed by atoms with Gasteiger partial charge in [0.05, 0.1) is 5.69 Å². The number of nitrogen functional groups attached to an aromatic ring is 2. The van der Waals surface area contributed by atoms with E-state index < -0.39 is 7.12 Å². The Balaban J connectivity index is 0.000000140. The molecule has 4 nitrogen and oxygen atoms in total. The topological polar surface area (TPSA) is 92.5 Å². The average molecular weight is 579 g/mol. The lowest BCUT2D eigenvalue weighted by Crippen LogP contribution is -2.09. The Bertz CT molecular complexity index is 849. The van der Waals surface area contributed by atoms with Crippen LogP contribution in [-0.2, 0) is 0 Å². The predicted octanol–water partition coefficient (Wildman–Crippen LogP) is 6.75. The van der Waals surface area contributed by atoms with Crippen molar-refractivity contribution in [1.82, 2.24) is 0 Å². The minimum atomic E-state index is -1.04. The molecule has 0 spiro atoms. The highest BCUT2D eigenvalue weighted by Gasteiger charge is 2.33. The van der Waals surface area contributed by atoms with Crippen molar-refractivity contribution < 1.29 is 10.0 Å². The average Bonchev–Trinajstić information content (AvgIpc) is 3.55. The third-order valence-electron chi connectivity index (χ3n) is 5.33. The Morgan fingerprint density at radius 2 is 1.13 bits per heavy atom. The number of hydrogen-bond acceptors (Lipinski definition) is 4. The minimum absolute atomic E-state index is 0.213. The van der Waals surface area contributed by atoms with E-state index in [-0.39, 0.29) is 5.82 Å². The van der Waals surface area contributed by atoms with Crippen molar-refractivity contribution in [2.45, 2.75) is 56.2 Å². The van der Waals surface area contributed by atoms with E-state index in [2.05, 4.69) is 44.0 Å². The Hall–Kier alpha value is -0.435. The van der Waals surface area contributed by atoms with Gasteiger partial charge >= 0.3 is 7.12 Å². The number of nitrogens with two attached hydrogens (primary N) is 2. The quantitative estimate of drug-likeness (QED) is 0.240. The first-order valence-electron chi connectivity index (χ1n) is 10.0. The van der Waals surface area contributed by atoms with Crippen molar-refractivity contribution in [1.29, 1.82) is 0 Å². The maximum absolute atomic E-state index is 8.25. The second-order valence-corrected chi connectivity index (χ2v) is 10.7. The van der Waals surface area contributed by atoms with Gasteiger partial charge in [0.15, 0.2) is 0 Å². The van der Waals surface area contributed by atoms with Gasteiger partial charge in [0, 0.05) is 24.7 Å². The maximum Gasteiger partial charge on any atom is 0.454 e. The van der Waals surface area contributed by atoms with Crippen LogP contribution in [0.4, 0.5) is 11.4 Å². The fourth-order valence-electron chi connectivity index (χ4n) is 3.07. The third-order valence-corrected chi connectivity index (χ3v) is 7.08. The normalized spacial score (nSPS) is 17.4. The van der Waals surface area contributed by atoms with E-state index in [0.717, 1.165) is 32.5 Å². The van der Waals surface area contributed by atoms with E-state index in [1.54, 1.807) is 12.1 Å². The molecule has 0 bridgehead atoms. The molecule has 162 valence electrons. The van der Waals surface area contributed by atoms with Gasteiger partial charge in [-0.3, -0.25) is 0 Å². The van der Waals surface area contributed by atoms with Crippen LogP contribution in [0, 0.1) is 0 Å². The number of rotatable bonds is 3. The van der Waals surface area contributed by atoms with Gasteiger partial charge in [-0.05, 0) is 111 Å². The number of halogens is 4. The van der Waals surface area contributed by atoms with Crippen LogP contribution in [-0.4, -0.2) is 17.2 Å². The second kappa shape index (κ2) is 10.5. The van der Waals surface area contributed by atoms with Crippen molar-refractivity contribution >= 4 is 73.6 Å². The Morgan fingerprint density at radius 1 is 0.733 bits per heavy atom. The molecule has 3 aliphatic rings. The van der Waals surface area contributed by atoms with E-state index in [1.165, 1.54) is 36.8 Å². The molecule has 2 aromatic carbocycles. The van der Waals surface area contributed by atoms with Crippen LogP contribution in [0.3, 0.4) is 0 Å². The lowest BCUT2D eigenvalue weighted by atomic mass is 9.84. The lowest BCUT2D eigenvalue weighted by molar-refractivity contribution is 0.403. The number of hydrogen-bond donors (Lipinski definition) is 4. The molecular weight excluding hydrogens is 554 g/mol. The van der Waals surface area contributed by atoms with Crippen molar-refractivity contribution in [3.63, 3.8) is 0 Å². The van der Waals surface area contributed by atoms with Gasteiger partial charge in [-0.1, -0.05) is 36.0 Å². The Morgan fingerprint density at radius 3 is 1.43 bits per heavy atom. The van der Waals surface area contributed by atoms with Crippen molar-refractivity contribution in [2.24, 2.45) is 0 Å². The summed E-state index contributed by atoms with van der Waals surface area (Å²) in [4.78, 5) is 0. The molecule has 30 heavy (non-hydrogen) atoms. The van der Waals surface area contributed by atoms with Crippen molar-refractivity contribution in [3.8, 4) is 0 Å². The molecule has 0 radical (unpaired) electrons. The molecule has 0 aliphatic heterocycles. The summed E-state index contributed by atoms with van der Waals surface area (Å²) in [6.45, 7) is 0. The molecule has 3 aliphatic carbocycles. The zero-order valence-corrected chi connectivity index (χ0v) is 21.1. The smallest absolute Gasteiger partial charge is 0.427 e. The standard InChI is InChI=1S/C12H14ClN.C6H4Br2ClN.C3H7BO2/c13-9-5-10(7-1-2-7)12(14)11(6-9)8-3-4-8;7-4-1-3(9)2-5(8)6(4)10;5-4(6)3-1-2-3/h5-8H,1-4,14H2;1-2H,10H2;3,5-6H,1-2H2. The van der Waals surface area contributed by atoms with Gasteiger partial charge in [-0.25, -0.2) is 0 Å². The fraction of sp³-hybridized carbons (Fsp3) is 0.429. The summed E-state index contributed by atoms with van der Waals surface area (Å²) in [5.41, 5.74) is 16.1. The second-order valence-electron chi connectivity index (χ2n) is 8.08. The summed E-state index contributed by atoms with van der Waals surface area (Å²) < 4.78 is 1.62. The fourth-order valence-corrected chi connectivity index (χ4v) is 4.98. The number of anilines is 2. The zero-order valence-electron chi connectivity index (χ0n) is 16.4. The highest BCUT2D eigenvalue weighted by molar-refractivity contribution is 9.11. The van der Waals surface area contributed by atoms with Crippen LogP contribution in [0.5, 0.6) is 0 Å². The number of benzene rings is 2.